The second kappa shape index (κ2) is 10.8. The molecule has 0 bridgehead atoms. The molecular weight excluding hydrogens is 474 g/mol. The maximum Gasteiger partial charge on any atom is 0.341 e. The Hall–Kier alpha value is -3.16. The molecule has 0 atom stereocenters. The third kappa shape index (κ3) is 6.04. The van der Waals surface area contributed by atoms with Crippen LogP contribution in [0.2, 0.25) is 5.02 Å². The van der Waals surface area contributed by atoms with Crippen molar-refractivity contribution in [3.63, 3.8) is 0 Å². The summed E-state index contributed by atoms with van der Waals surface area (Å²) in [5.41, 5.74) is 2.81. The Balaban J connectivity index is 1.72. The molecule has 178 valence electrons. The molecule has 0 aliphatic carbocycles. The monoisotopic (exact) mass is 499 g/mol. The Morgan fingerprint density at radius 3 is 2.24 bits per heavy atom. The Labute approximate surface area is 207 Å². The maximum absolute atomic E-state index is 12.7. The minimum absolute atomic E-state index is 0.0392. The van der Waals surface area contributed by atoms with Crippen LogP contribution in [0, 0.1) is 0 Å². The van der Waals surface area contributed by atoms with Crippen molar-refractivity contribution in [2.45, 2.75) is 33.1 Å². The smallest absolute Gasteiger partial charge is 0.341 e. The van der Waals surface area contributed by atoms with Gasteiger partial charge in [0.1, 0.15) is 10.6 Å². The average Bonchev–Trinajstić information content (AvgIpc) is 3.20. The minimum atomic E-state index is -0.607. The zero-order chi connectivity index (χ0) is 24.9. The molecule has 0 saturated carbocycles. The van der Waals surface area contributed by atoms with Crippen molar-refractivity contribution < 1.29 is 23.9 Å². The molecule has 1 aromatic heterocycles. The normalized spacial score (nSPS) is 11.1. The molecule has 1 heterocycles. The predicted octanol–water partition coefficient (Wildman–Crippen LogP) is 6.34. The first-order valence-electron chi connectivity index (χ1n) is 10.7. The summed E-state index contributed by atoms with van der Waals surface area (Å²) in [5.74, 6) is -1.76. The van der Waals surface area contributed by atoms with Gasteiger partial charge in [-0.25, -0.2) is 9.59 Å². The lowest BCUT2D eigenvalue weighted by Crippen LogP contribution is -2.22. The summed E-state index contributed by atoms with van der Waals surface area (Å²) in [5, 5.41) is 5.14. The van der Waals surface area contributed by atoms with E-state index in [0.29, 0.717) is 26.7 Å². The summed E-state index contributed by atoms with van der Waals surface area (Å²) in [6.45, 7) is 7.62. The van der Waals surface area contributed by atoms with Gasteiger partial charge >= 0.3 is 11.9 Å². The number of nitrogens with one attached hydrogen (secondary N) is 1. The maximum atomic E-state index is 12.7. The van der Waals surface area contributed by atoms with Crippen LogP contribution < -0.4 is 5.32 Å². The van der Waals surface area contributed by atoms with E-state index in [-0.39, 0.29) is 17.6 Å². The summed E-state index contributed by atoms with van der Waals surface area (Å²) < 4.78 is 10.4. The van der Waals surface area contributed by atoms with Gasteiger partial charge in [-0.15, -0.1) is 11.3 Å². The molecule has 2 aromatic carbocycles. The molecule has 3 rings (SSSR count). The van der Waals surface area contributed by atoms with Crippen molar-refractivity contribution in [3.8, 4) is 11.1 Å². The molecule has 3 aromatic rings. The largest absolute Gasteiger partial charge is 0.462 e. The lowest BCUT2D eigenvalue weighted by Gasteiger charge is -2.18. The van der Waals surface area contributed by atoms with Crippen molar-refractivity contribution in [2.75, 3.05) is 18.5 Å². The van der Waals surface area contributed by atoms with Crippen molar-refractivity contribution in [1.82, 2.24) is 0 Å². The fourth-order valence-corrected chi connectivity index (χ4v) is 4.42. The van der Waals surface area contributed by atoms with Crippen LogP contribution in [0.4, 0.5) is 5.00 Å². The highest BCUT2D eigenvalue weighted by Crippen LogP contribution is 2.39. The third-order valence-electron chi connectivity index (χ3n) is 5.01. The Kier molecular flexibility index (Phi) is 8.12. The Morgan fingerprint density at radius 2 is 1.62 bits per heavy atom. The molecule has 8 heteroatoms. The molecule has 0 fully saturated rings. The molecule has 34 heavy (non-hydrogen) atoms. The van der Waals surface area contributed by atoms with Gasteiger partial charge in [-0.1, -0.05) is 62.7 Å². The highest BCUT2D eigenvalue weighted by atomic mass is 35.5. The SMILES string of the molecule is CCOC(=O)c1c(-c2ccccc2Cl)csc1NC(=O)COC(=O)c1ccc(C(C)(C)C)cc1. The van der Waals surface area contributed by atoms with Gasteiger partial charge in [0.05, 0.1) is 12.2 Å². The van der Waals surface area contributed by atoms with E-state index in [1.807, 2.05) is 12.1 Å². The van der Waals surface area contributed by atoms with Gasteiger partial charge in [-0.2, -0.15) is 0 Å². The molecule has 1 N–H and O–H groups in total. The van der Waals surface area contributed by atoms with Gasteiger partial charge in [0.15, 0.2) is 6.61 Å². The summed E-state index contributed by atoms with van der Waals surface area (Å²) in [6, 6.07) is 14.2. The fourth-order valence-electron chi connectivity index (χ4n) is 3.22. The molecule has 0 radical (unpaired) electrons. The van der Waals surface area contributed by atoms with E-state index in [1.54, 1.807) is 48.7 Å². The number of anilines is 1. The lowest BCUT2D eigenvalue weighted by atomic mass is 9.87. The molecular formula is C26H26ClNO5S. The van der Waals surface area contributed by atoms with E-state index < -0.39 is 24.5 Å². The van der Waals surface area contributed by atoms with Crippen LogP contribution in [0.1, 0.15) is 54.0 Å². The molecule has 0 saturated heterocycles. The van der Waals surface area contributed by atoms with Gasteiger partial charge < -0.3 is 14.8 Å². The van der Waals surface area contributed by atoms with Crippen LogP contribution in [0.3, 0.4) is 0 Å². The minimum Gasteiger partial charge on any atom is -0.462 e. The second-order valence-corrected chi connectivity index (χ2v) is 9.79. The zero-order valence-corrected chi connectivity index (χ0v) is 21.0. The number of hydrogen-bond acceptors (Lipinski definition) is 6. The highest BCUT2D eigenvalue weighted by molar-refractivity contribution is 7.15. The van der Waals surface area contributed by atoms with Gasteiger partial charge in [-0.05, 0) is 36.1 Å². The number of hydrogen-bond donors (Lipinski definition) is 1. The number of rotatable bonds is 7. The van der Waals surface area contributed by atoms with E-state index in [2.05, 4.69) is 26.1 Å². The number of thiophene rings is 1. The number of amides is 1. The summed E-state index contributed by atoms with van der Waals surface area (Å²) in [7, 11) is 0. The second-order valence-electron chi connectivity index (χ2n) is 8.51. The fraction of sp³-hybridized carbons (Fsp3) is 0.269. The summed E-state index contributed by atoms with van der Waals surface area (Å²) in [6.07, 6.45) is 0. The molecule has 0 aliphatic heterocycles. The van der Waals surface area contributed by atoms with E-state index >= 15 is 0 Å². The van der Waals surface area contributed by atoms with Gasteiger partial charge in [0, 0.05) is 21.5 Å². The van der Waals surface area contributed by atoms with E-state index in [9.17, 15) is 14.4 Å². The first-order chi connectivity index (χ1) is 16.1. The topological polar surface area (TPSA) is 81.7 Å². The van der Waals surface area contributed by atoms with Crippen LogP contribution in [0.25, 0.3) is 11.1 Å². The average molecular weight is 500 g/mol. The number of esters is 2. The number of ether oxygens (including phenoxy) is 2. The first-order valence-corrected chi connectivity index (χ1v) is 12.0. The summed E-state index contributed by atoms with van der Waals surface area (Å²) in [4.78, 5) is 37.5. The molecule has 6 nitrogen and oxygen atoms in total. The van der Waals surface area contributed by atoms with E-state index in [0.717, 1.165) is 16.9 Å². The Bertz CT molecular complexity index is 1190. The highest BCUT2D eigenvalue weighted by Gasteiger charge is 2.24. The third-order valence-corrected chi connectivity index (χ3v) is 6.23. The number of benzene rings is 2. The van der Waals surface area contributed by atoms with Crippen LogP contribution in [-0.2, 0) is 19.7 Å². The van der Waals surface area contributed by atoms with Crippen LogP contribution in [0.5, 0.6) is 0 Å². The zero-order valence-electron chi connectivity index (χ0n) is 19.4. The van der Waals surface area contributed by atoms with E-state index in [1.165, 1.54) is 0 Å². The van der Waals surface area contributed by atoms with Crippen LogP contribution in [-0.4, -0.2) is 31.1 Å². The molecule has 0 spiro atoms. The number of carbonyl (C=O) groups excluding carboxylic acids is 3. The van der Waals surface area contributed by atoms with Gasteiger partial charge in [-0.3, -0.25) is 4.79 Å². The molecule has 0 aliphatic rings. The van der Waals surface area contributed by atoms with Crippen molar-refractivity contribution in [2.24, 2.45) is 0 Å². The van der Waals surface area contributed by atoms with Gasteiger partial charge in [0.2, 0.25) is 0 Å². The predicted molar refractivity (Wildman–Crippen MR) is 135 cm³/mol. The Morgan fingerprint density at radius 1 is 0.941 bits per heavy atom. The molecule has 0 unspecified atom stereocenters. The van der Waals surface area contributed by atoms with Crippen molar-refractivity contribution in [1.29, 1.82) is 0 Å². The number of carbonyl (C=O) groups is 3. The van der Waals surface area contributed by atoms with E-state index in [4.69, 9.17) is 21.1 Å². The van der Waals surface area contributed by atoms with Crippen LogP contribution >= 0.6 is 22.9 Å². The lowest BCUT2D eigenvalue weighted by molar-refractivity contribution is -0.119. The number of halogens is 1. The standard InChI is InChI=1S/C26H26ClNO5S/c1-5-32-25(31)22-19(18-8-6-7-9-20(18)27)15-34-23(22)28-21(29)14-33-24(30)16-10-12-17(13-11-16)26(2,3)4/h6-13,15H,5,14H2,1-4H3,(H,28,29). The van der Waals surface area contributed by atoms with Crippen molar-refractivity contribution in [3.05, 3.63) is 75.6 Å². The quantitative estimate of drug-likeness (QED) is 0.384. The first kappa shape index (κ1) is 25.5. The van der Waals surface area contributed by atoms with Crippen molar-refractivity contribution >= 4 is 45.8 Å². The summed E-state index contributed by atoms with van der Waals surface area (Å²) >= 11 is 7.48. The molecule has 1 amide bonds. The van der Waals surface area contributed by atoms with Gasteiger partial charge in [0.25, 0.3) is 5.91 Å². The van der Waals surface area contributed by atoms with Crippen LogP contribution in [0.15, 0.2) is 53.9 Å².